The van der Waals surface area contributed by atoms with Crippen LogP contribution in [0, 0.1) is 19.3 Å². The van der Waals surface area contributed by atoms with E-state index in [1.807, 2.05) is 13.8 Å². The summed E-state index contributed by atoms with van der Waals surface area (Å²) >= 11 is 1.76. The van der Waals surface area contributed by atoms with Crippen molar-refractivity contribution >= 4 is 17.4 Å². The SMILES string of the molecule is Cc1cc(C(C)NC(=O)NC2CCCC2(C)CO)c(C)s1. The van der Waals surface area contributed by atoms with Gasteiger partial charge in [-0.25, -0.2) is 4.79 Å². The molecule has 0 aromatic carbocycles. The molecule has 1 heterocycles. The molecule has 1 aromatic heterocycles. The van der Waals surface area contributed by atoms with Crippen molar-refractivity contribution in [1.29, 1.82) is 0 Å². The van der Waals surface area contributed by atoms with E-state index in [1.54, 1.807) is 11.3 Å². The maximum Gasteiger partial charge on any atom is 0.315 e. The summed E-state index contributed by atoms with van der Waals surface area (Å²) in [6.07, 6.45) is 2.96. The lowest BCUT2D eigenvalue weighted by Gasteiger charge is -2.30. The first-order valence-corrected chi connectivity index (χ1v) is 8.42. The molecule has 1 aliphatic carbocycles. The zero-order valence-corrected chi connectivity index (χ0v) is 14.1. The van der Waals surface area contributed by atoms with E-state index in [9.17, 15) is 9.90 Å². The lowest BCUT2D eigenvalue weighted by atomic mass is 9.86. The summed E-state index contributed by atoms with van der Waals surface area (Å²) in [6, 6.07) is 2.05. The molecule has 2 rings (SSSR count). The molecule has 0 spiro atoms. The molecule has 0 bridgehead atoms. The van der Waals surface area contributed by atoms with Crippen molar-refractivity contribution < 1.29 is 9.90 Å². The highest BCUT2D eigenvalue weighted by Crippen LogP contribution is 2.37. The monoisotopic (exact) mass is 310 g/mol. The molecule has 1 fully saturated rings. The Morgan fingerprint density at radius 2 is 2.29 bits per heavy atom. The van der Waals surface area contributed by atoms with Gasteiger partial charge >= 0.3 is 6.03 Å². The Morgan fingerprint density at radius 3 is 2.86 bits per heavy atom. The summed E-state index contributed by atoms with van der Waals surface area (Å²) < 4.78 is 0. The Bertz CT molecular complexity index is 514. The second kappa shape index (κ2) is 6.36. The molecule has 2 amide bonds. The van der Waals surface area contributed by atoms with Crippen LogP contribution in [0.15, 0.2) is 6.07 Å². The van der Waals surface area contributed by atoms with E-state index in [1.165, 1.54) is 15.3 Å². The number of hydrogen-bond acceptors (Lipinski definition) is 3. The number of rotatable bonds is 4. The van der Waals surface area contributed by atoms with Crippen LogP contribution in [0.25, 0.3) is 0 Å². The van der Waals surface area contributed by atoms with Crippen molar-refractivity contribution in [2.45, 2.75) is 59.0 Å². The Hall–Kier alpha value is -1.07. The lowest BCUT2D eigenvalue weighted by molar-refractivity contribution is 0.121. The first-order chi connectivity index (χ1) is 9.85. The number of aryl methyl sites for hydroxylation is 2. The first kappa shape index (κ1) is 16.3. The highest BCUT2D eigenvalue weighted by atomic mass is 32.1. The Labute approximate surface area is 131 Å². The zero-order valence-electron chi connectivity index (χ0n) is 13.3. The van der Waals surface area contributed by atoms with E-state index in [0.29, 0.717) is 0 Å². The summed E-state index contributed by atoms with van der Waals surface area (Å²) in [5.41, 5.74) is 0.999. The standard InChI is InChI=1S/C16H26N2O2S/c1-10-8-13(12(3)21-10)11(2)17-15(20)18-14-6-5-7-16(14,4)9-19/h8,11,14,19H,5-7,9H2,1-4H3,(H2,17,18,20). The van der Waals surface area contributed by atoms with E-state index in [2.05, 4.69) is 30.5 Å². The fourth-order valence-corrected chi connectivity index (χ4v) is 4.25. The van der Waals surface area contributed by atoms with Gasteiger partial charge in [-0.15, -0.1) is 11.3 Å². The van der Waals surface area contributed by atoms with E-state index in [-0.39, 0.29) is 30.1 Å². The fourth-order valence-electron chi connectivity index (χ4n) is 3.22. The Kier molecular flexibility index (Phi) is 4.94. The predicted octanol–water partition coefficient (Wildman–Crippen LogP) is 3.28. The predicted molar refractivity (Wildman–Crippen MR) is 86.7 cm³/mol. The van der Waals surface area contributed by atoms with Crippen molar-refractivity contribution in [3.05, 3.63) is 21.4 Å². The van der Waals surface area contributed by atoms with Crippen molar-refractivity contribution in [2.75, 3.05) is 6.61 Å². The molecule has 118 valence electrons. The third-order valence-corrected chi connectivity index (χ3v) is 5.62. The van der Waals surface area contributed by atoms with Crippen LogP contribution in [0.4, 0.5) is 4.79 Å². The van der Waals surface area contributed by atoms with Gasteiger partial charge in [0.25, 0.3) is 0 Å². The van der Waals surface area contributed by atoms with Gasteiger partial charge in [-0.05, 0) is 45.2 Å². The van der Waals surface area contributed by atoms with Gasteiger partial charge in [-0.3, -0.25) is 0 Å². The number of carbonyl (C=O) groups excluding carboxylic acids is 1. The molecule has 1 aromatic rings. The normalized spacial score (nSPS) is 26.6. The number of thiophene rings is 1. The third-order valence-electron chi connectivity index (χ3n) is 4.64. The minimum Gasteiger partial charge on any atom is -0.396 e. The van der Waals surface area contributed by atoms with Gasteiger partial charge in [-0.2, -0.15) is 0 Å². The number of aliphatic hydroxyl groups is 1. The Morgan fingerprint density at radius 1 is 1.57 bits per heavy atom. The molecule has 0 saturated heterocycles. The molecule has 4 nitrogen and oxygen atoms in total. The van der Waals surface area contributed by atoms with E-state index in [4.69, 9.17) is 0 Å². The second-order valence-electron chi connectivity index (χ2n) is 6.47. The smallest absolute Gasteiger partial charge is 0.315 e. The summed E-state index contributed by atoms with van der Waals surface area (Å²) in [6.45, 7) is 8.34. The minimum absolute atomic E-state index is 0.00302. The summed E-state index contributed by atoms with van der Waals surface area (Å²) in [7, 11) is 0. The number of urea groups is 1. The molecule has 1 saturated carbocycles. The van der Waals surface area contributed by atoms with Crippen LogP contribution in [-0.2, 0) is 0 Å². The molecule has 0 radical (unpaired) electrons. The first-order valence-electron chi connectivity index (χ1n) is 7.60. The summed E-state index contributed by atoms with van der Waals surface area (Å²) in [5.74, 6) is 0. The average Bonchev–Trinajstić information content (AvgIpc) is 2.93. The van der Waals surface area contributed by atoms with Crippen molar-refractivity contribution in [1.82, 2.24) is 10.6 Å². The summed E-state index contributed by atoms with van der Waals surface area (Å²) in [5, 5.41) is 15.6. The quantitative estimate of drug-likeness (QED) is 0.799. The van der Waals surface area contributed by atoms with Crippen molar-refractivity contribution in [3.63, 3.8) is 0 Å². The largest absolute Gasteiger partial charge is 0.396 e. The van der Waals surface area contributed by atoms with E-state index < -0.39 is 0 Å². The van der Waals surface area contributed by atoms with Crippen LogP contribution < -0.4 is 10.6 Å². The molecule has 3 unspecified atom stereocenters. The lowest BCUT2D eigenvalue weighted by Crippen LogP contribution is -2.49. The summed E-state index contributed by atoms with van der Waals surface area (Å²) in [4.78, 5) is 14.7. The van der Waals surface area contributed by atoms with Crippen molar-refractivity contribution in [3.8, 4) is 0 Å². The van der Waals surface area contributed by atoms with E-state index in [0.717, 1.165) is 19.3 Å². The van der Waals surface area contributed by atoms with Crippen LogP contribution in [0.3, 0.4) is 0 Å². The molecule has 1 aliphatic rings. The molecule has 3 N–H and O–H groups in total. The molecule has 0 aliphatic heterocycles. The van der Waals surface area contributed by atoms with Crippen LogP contribution in [-0.4, -0.2) is 23.8 Å². The minimum atomic E-state index is -0.185. The molecular formula is C16H26N2O2S. The number of amides is 2. The van der Waals surface area contributed by atoms with Crippen LogP contribution >= 0.6 is 11.3 Å². The van der Waals surface area contributed by atoms with Gasteiger partial charge in [0.15, 0.2) is 0 Å². The van der Waals surface area contributed by atoms with Crippen LogP contribution in [0.1, 0.15) is 54.5 Å². The number of carbonyl (C=O) groups is 1. The molecule has 3 atom stereocenters. The van der Waals surface area contributed by atoms with Gasteiger partial charge < -0.3 is 15.7 Å². The van der Waals surface area contributed by atoms with E-state index >= 15 is 0 Å². The highest BCUT2D eigenvalue weighted by molar-refractivity contribution is 7.12. The van der Waals surface area contributed by atoms with Gasteiger partial charge in [0, 0.05) is 21.2 Å². The number of hydrogen-bond donors (Lipinski definition) is 3. The second-order valence-corrected chi connectivity index (χ2v) is 7.93. The molecule has 5 heteroatoms. The molecular weight excluding hydrogens is 284 g/mol. The topological polar surface area (TPSA) is 61.4 Å². The van der Waals surface area contributed by atoms with Gasteiger partial charge in [0.1, 0.15) is 0 Å². The molecule has 21 heavy (non-hydrogen) atoms. The maximum absolute atomic E-state index is 12.2. The maximum atomic E-state index is 12.2. The van der Waals surface area contributed by atoms with Crippen LogP contribution in [0.5, 0.6) is 0 Å². The number of nitrogens with one attached hydrogen (secondary N) is 2. The number of aliphatic hydroxyl groups excluding tert-OH is 1. The zero-order chi connectivity index (χ0) is 15.6. The van der Waals surface area contributed by atoms with Gasteiger partial charge in [0.05, 0.1) is 12.6 Å². The Balaban J connectivity index is 1.94. The van der Waals surface area contributed by atoms with Gasteiger partial charge in [-0.1, -0.05) is 13.3 Å². The highest BCUT2D eigenvalue weighted by Gasteiger charge is 2.39. The average molecular weight is 310 g/mol. The van der Waals surface area contributed by atoms with Crippen LogP contribution in [0.2, 0.25) is 0 Å². The van der Waals surface area contributed by atoms with Gasteiger partial charge in [0.2, 0.25) is 0 Å². The third kappa shape index (κ3) is 3.58. The van der Waals surface area contributed by atoms with Crippen molar-refractivity contribution in [2.24, 2.45) is 5.41 Å². The fraction of sp³-hybridized carbons (Fsp3) is 0.688.